The Bertz CT molecular complexity index is 1190. The van der Waals surface area contributed by atoms with Crippen molar-refractivity contribution in [2.24, 2.45) is 0 Å². The van der Waals surface area contributed by atoms with Gasteiger partial charge in [0.1, 0.15) is 11.5 Å². The number of benzene rings is 2. The van der Waals surface area contributed by atoms with E-state index < -0.39 is 10.8 Å². The molecule has 8 heteroatoms. The number of hydrogen-bond acceptors (Lipinski definition) is 5. The summed E-state index contributed by atoms with van der Waals surface area (Å²) < 4.78 is 18.6. The third kappa shape index (κ3) is 5.47. The largest absolute Gasteiger partial charge is 0.441 e. The highest BCUT2D eigenvalue weighted by molar-refractivity contribution is 7.84. The molecule has 1 atom stereocenters. The molecule has 0 radical (unpaired) electrons. The number of carbonyl (C=O) groups excluding carboxylic acids is 1. The van der Waals surface area contributed by atoms with Crippen LogP contribution in [0.3, 0.4) is 0 Å². The van der Waals surface area contributed by atoms with Crippen LogP contribution in [-0.2, 0) is 21.3 Å². The molecule has 0 unspecified atom stereocenters. The summed E-state index contributed by atoms with van der Waals surface area (Å²) >= 11 is 6.16. The molecular weight excluding hydrogens is 458 g/mol. The van der Waals surface area contributed by atoms with E-state index in [0.717, 1.165) is 35.5 Å². The molecule has 0 saturated carbocycles. The highest BCUT2D eigenvalue weighted by Crippen LogP contribution is 2.26. The Morgan fingerprint density at radius 3 is 2.52 bits per heavy atom. The summed E-state index contributed by atoms with van der Waals surface area (Å²) in [6.07, 6.45) is 0. The lowest BCUT2D eigenvalue weighted by Crippen LogP contribution is -2.50. The quantitative estimate of drug-likeness (QED) is 0.513. The standard InChI is InChI=1S/C25H28ClN3O3S/c1-17-6-4-5-7-21(17)25-27-22(19(3)32-25)15-33(31)16-24(30)29-12-10-28(11-13-29)23-14-20(26)9-8-18(23)2/h4-9,14H,10-13,15-16H2,1-3H3/t33-/m1/s1. The number of halogens is 1. The summed E-state index contributed by atoms with van der Waals surface area (Å²) in [7, 11) is -1.36. The van der Waals surface area contributed by atoms with Gasteiger partial charge in [-0.1, -0.05) is 35.9 Å². The molecule has 1 aliphatic heterocycles. The van der Waals surface area contributed by atoms with Gasteiger partial charge >= 0.3 is 0 Å². The zero-order chi connectivity index (χ0) is 23.5. The molecule has 1 aliphatic rings. The highest BCUT2D eigenvalue weighted by atomic mass is 35.5. The smallest absolute Gasteiger partial charge is 0.235 e. The van der Waals surface area contributed by atoms with Gasteiger partial charge in [0, 0.05) is 53.3 Å². The predicted octanol–water partition coefficient (Wildman–Crippen LogP) is 4.52. The number of rotatable bonds is 6. The monoisotopic (exact) mass is 485 g/mol. The van der Waals surface area contributed by atoms with Crippen molar-refractivity contribution in [3.05, 3.63) is 70.1 Å². The fourth-order valence-electron chi connectivity index (χ4n) is 4.04. The predicted molar refractivity (Wildman–Crippen MR) is 133 cm³/mol. The van der Waals surface area contributed by atoms with Crippen molar-refractivity contribution in [2.75, 3.05) is 36.8 Å². The van der Waals surface area contributed by atoms with E-state index in [9.17, 15) is 9.00 Å². The zero-order valence-corrected chi connectivity index (χ0v) is 20.7. The molecular formula is C25H28ClN3O3S. The van der Waals surface area contributed by atoms with Crippen molar-refractivity contribution < 1.29 is 13.4 Å². The van der Waals surface area contributed by atoms with Crippen molar-refractivity contribution >= 4 is 34.0 Å². The van der Waals surface area contributed by atoms with Crippen molar-refractivity contribution in [1.82, 2.24) is 9.88 Å². The van der Waals surface area contributed by atoms with Crippen LogP contribution in [0.15, 0.2) is 46.9 Å². The van der Waals surface area contributed by atoms with Gasteiger partial charge in [0.2, 0.25) is 11.8 Å². The van der Waals surface area contributed by atoms with E-state index in [0.29, 0.717) is 35.5 Å². The van der Waals surface area contributed by atoms with Gasteiger partial charge < -0.3 is 14.2 Å². The van der Waals surface area contributed by atoms with Crippen LogP contribution in [0.4, 0.5) is 5.69 Å². The number of amides is 1. The summed E-state index contributed by atoms with van der Waals surface area (Å²) in [6, 6.07) is 13.7. The molecule has 1 fully saturated rings. The fourth-order valence-corrected chi connectivity index (χ4v) is 5.34. The molecule has 0 aliphatic carbocycles. The van der Waals surface area contributed by atoms with E-state index in [4.69, 9.17) is 16.0 Å². The van der Waals surface area contributed by atoms with Gasteiger partial charge in [0.15, 0.2) is 0 Å². The SMILES string of the molecule is Cc1ccccc1-c1nc(C[S@@](=O)CC(=O)N2CCN(c3cc(Cl)ccc3C)CC2)c(C)o1. The first kappa shape index (κ1) is 23.5. The summed E-state index contributed by atoms with van der Waals surface area (Å²) in [4.78, 5) is 21.4. The Labute approximate surface area is 202 Å². The molecule has 3 aromatic rings. The topological polar surface area (TPSA) is 66.7 Å². The maximum absolute atomic E-state index is 12.8. The number of hydrogen-bond donors (Lipinski definition) is 0. The number of piperazine rings is 1. The van der Waals surface area contributed by atoms with E-state index in [1.165, 1.54) is 0 Å². The van der Waals surface area contributed by atoms with Crippen molar-refractivity contribution in [2.45, 2.75) is 26.5 Å². The van der Waals surface area contributed by atoms with Gasteiger partial charge in [0.05, 0.1) is 11.4 Å². The second kappa shape index (κ2) is 10.1. The average Bonchev–Trinajstić information content (AvgIpc) is 3.15. The molecule has 1 saturated heterocycles. The molecule has 1 amide bonds. The van der Waals surface area contributed by atoms with Crippen molar-refractivity contribution in [3.8, 4) is 11.5 Å². The zero-order valence-electron chi connectivity index (χ0n) is 19.1. The Morgan fingerprint density at radius 2 is 1.79 bits per heavy atom. The van der Waals surface area contributed by atoms with Crippen LogP contribution in [0.5, 0.6) is 0 Å². The molecule has 0 bridgehead atoms. The first-order chi connectivity index (χ1) is 15.8. The van der Waals surface area contributed by atoms with Gasteiger partial charge in [-0.25, -0.2) is 4.98 Å². The maximum atomic E-state index is 12.8. The first-order valence-electron chi connectivity index (χ1n) is 11.0. The number of aromatic nitrogens is 1. The molecule has 2 heterocycles. The van der Waals surface area contributed by atoms with Crippen LogP contribution in [0.1, 0.15) is 22.6 Å². The van der Waals surface area contributed by atoms with E-state index in [2.05, 4.69) is 16.8 Å². The number of aryl methyl sites for hydroxylation is 3. The van der Waals surface area contributed by atoms with E-state index >= 15 is 0 Å². The Balaban J connectivity index is 1.33. The molecule has 6 nitrogen and oxygen atoms in total. The average molecular weight is 486 g/mol. The Hall–Kier alpha value is -2.64. The third-order valence-electron chi connectivity index (χ3n) is 5.99. The fraction of sp³-hybridized carbons (Fsp3) is 0.360. The Morgan fingerprint density at radius 1 is 1.06 bits per heavy atom. The van der Waals surface area contributed by atoms with Gasteiger partial charge in [-0.05, 0) is 50.1 Å². The van der Waals surface area contributed by atoms with Crippen LogP contribution in [0, 0.1) is 20.8 Å². The second-order valence-corrected chi connectivity index (χ2v) is 10.3. The van der Waals surface area contributed by atoms with E-state index in [1.807, 2.05) is 56.3 Å². The van der Waals surface area contributed by atoms with Gasteiger partial charge in [-0.2, -0.15) is 0 Å². The minimum atomic E-state index is -1.36. The number of anilines is 1. The number of nitrogens with zero attached hydrogens (tertiary/aromatic N) is 3. The Kier molecular flexibility index (Phi) is 7.20. The molecule has 1 aromatic heterocycles. The number of carbonyl (C=O) groups is 1. The molecule has 0 spiro atoms. The van der Waals surface area contributed by atoms with Crippen LogP contribution >= 0.6 is 11.6 Å². The molecule has 33 heavy (non-hydrogen) atoms. The lowest BCUT2D eigenvalue weighted by Gasteiger charge is -2.36. The van der Waals surface area contributed by atoms with Crippen molar-refractivity contribution in [3.63, 3.8) is 0 Å². The van der Waals surface area contributed by atoms with Gasteiger partial charge in [-0.15, -0.1) is 0 Å². The van der Waals surface area contributed by atoms with Crippen molar-refractivity contribution in [1.29, 1.82) is 0 Å². The van der Waals surface area contributed by atoms with Gasteiger partial charge in [0.25, 0.3) is 0 Å². The summed E-state index contributed by atoms with van der Waals surface area (Å²) in [5.74, 6) is 1.27. The lowest BCUT2D eigenvalue weighted by molar-refractivity contribution is -0.128. The summed E-state index contributed by atoms with van der Waals surface area (Å²) in [6.45, 7) is 8.52. The van der Waals surface area contributed by atoms with E-state index in [1.54, 1.807) is 4.90 Å². The van der Waals surface area contributed by atoms with Crippen LogP contribution in [-0.4, -0.2) is 51.9 Å². The van der Waals surface area contributed by atoms with Crippen LogP contribution in [0.25, 0.3) is 11.5 Å². The molecule has 174 valence electrons. The van der Waals surface area contributed by atoms with Crippen LogP contribution in [0.2, 0.25) is 5.02 Å². The first-order valence-corrected chi connectivity index (χ1v) is 12.8. The minimum Gasteiger partial charge on any atom is -0.441 e. The lowest BCUT2D eigenvalue weighted by atomic mass is 10.1. The highest BCUT2D eigenvalue weighted by Gasteiger charge is 2.24. The number of oxazole rings is 1. The van der Waals surface area contributed by atoms with Crippen LogP contribution < -0.4 is 4.90 Å². The second-order valence-electron chi connectivity index (χ2n) is 8.36. The summed E-state index contributed by atoms with van der Waals surface area (Å²) in [5.41, 5.74) is 4.88. The molecule has 4 rings (SSSR count). The minimum absolute atomic E-state index is 0.0117. The molecule has 0 N–H and O–H groups in total. The van der Waals surface area contributed by atoms with E-state index in [-0.39, 0.29) is 17.4 Å². The third-order valence-corrected chi connectivity index (χ3v) is 7.39. The normalized spacial score (nSPS) is 15.0. The maximum Gasteiger partial charge on any atom is 0.235 e. The van der Waals surface area contributed by atoms with Gasteiger partial charge in [-0.3, -0.25) is 9.00 Å². The summed E-state index contributed by atoms with van der Waals surface area (Å²) in [5, 5.41) is 0.707. The molecule has 2 aromatic carbocycles.